The Morgan fingerprint density at radius 3 is 1.35 bits per heavy atom. The zero-order valence-electron chi connectivity index (χ0n) is 21.7. The monoisotopic (exact) mass is 614 g/mol. The molecule has 0 aromatic heterocycles. The lowest BCUT2D eigenvalue weighted by atomic mass is 9.78. The molecule has 0 aliphatic rings. The van der Waals surface area contributed by atoms with Gasteiger partial charge in [0.25, 0.3) is 11.8 Å². The number of hydrogen-bond acceptors (Lipinski definition) is 4. The molecule has 0 radical (unpaired) electrons. The molecule has 0 aliphatic carbocycles. The van der Waals surface area contributed by atoms with Crippen LogP contribution in [0.1, 0.15) is 59.5 Å². The van der Waals surface area contributed by atoms with Crippen LogP contribution in [0, 0.1) is 3.57 Å². The number of carbonyl (C=O) groups excluding carboxylic acids is 2. The second-order valence-corrected chi connectivity index (χ2v) is 11.3. The average Bonchev–Trinajstić information content (AvgIpc) is 2.90. The van der Waals surface area contributed by atoms with E-state index in [0.29, 0.717) is 14.7 Å². The number of aliphatic hydroxyl groups is 2. The van der Waals surface area contributed by atoms with Crippen LogP contribution < -0.4 is 10.6 Å². The molecule has 196 valence electrons. The van der Waals surface area contributed by atoms with E-state index in [1.165, 1.54) is 0 Å². The molecule has 0 saturated heterocycles. The Labute approximate surface area is 232 Å². The first-order chi connectivity index (χ1) is 17.5. The third kappa shape index (κ3) is 6.40. The van der Waals surface area contributed by atoms with Crippen molar-refractivity contribution in [3.05, 3.63) is 105 Å². The summed E-state index contributed by atoms with van der Waals surface area (Å²) in [5.74, 6) is -0.740. The van der Waals surface area contributed by atoms with Crippen molar-refractivity contribution in [1.82, 2.24) is 10.6 Å². The molecular weight excluding hydrogens is 579 g/mol. The van der Waals surface area contributed by atoms with Crippen molar-refractivity contribution >= 4 is 34.4 Å². The van der Waals surface area contributed by atoms with Crippen LogP contribution in [0.2, 0.25) is 0 Å². The number of carbonyl (C=O) groups is 2. The highest BCUT2D eigenvalue weighted by Crippen LogP contribution is 2.29. The minimum absolute atomic E-state index is 0.239. The number of amides is 2. The molecule has 7 heteroatoms. The molecule has 3 aromatic carbocycles. The van der Waals surface area contributed by atoms with Crippen LogP contribution in [0.4, 0.5) is 0 Å². The van der Waals surface area contributed by atoms with Gasteiger partial charge in [-0.1, -0.05) is 94.4 Å². The largest absolute Gasteiger partial charge is 0.394 e. The van der Waals surface area contributed by atoms with Crippen LogP contribution in [-0.4, -0.2) is 47.3 Å². The van der Waals surface area contributed by atoms with Gasteiger partial charge in [-0.05, 0) is 45.9 Å². The van der Waals surface area contributed by atoms with Crippen molar-refractivity contribution in [2.45, 2.75) is 50.6 Å². The predicted octanol–water partition coefficient (Wildman–Crippen LogP) is 4.43. The van der Waals surface area contributed by atoms with Crippen molar-refractivity contribution in [2.75, 3.05) is 13.2 Å². The van der Waals surface area contributed by atoms with E-state index in [4.69, 9.17) is 0 Å². The predicted molar refractivity (Wildman–Crippen MR) is 155 cm³/mol. The molecule has 0 saturated carbocycles. The quantitative estimate of drug-likeness (QED) is 0.254. The van der Waals surface area contributed by atoms with Gasteiger partial charge in [0.05, 0.1) is 36.4 Å². The highest BCUT2D eigenvalue weighted by atomic mass is 127. The second kappa shape index (κ2) is 12.2. The Balaban J connectivity index is 1.82. The lowest BCUT2D eigenvalue weighted by Crippen LogP contribution is -2.50. The van der Waals surface area contributed by atoms with Gasteiger partial charge in [-0.15, -0.1) is 0 Å². The molecule has 3 aromatic rings. The lowest BCUT2D eigenvalue weighted by molar-refractivity contribution is 0.0878. The van der Waals surface area contributed by atoms with Gasteiger partial charge in [0.1, 0.15) is 0 Å². The molecule has 37 heavy (non-hydrogen) atoms. The molecule has 3 rings (SSSR count). The summed E-state index contributed by atoms with van der Waals surface area (Å²) in [6, 6.07) is 23.3. The molecule has 0 bridgehead atoms. The molecule has 4 N–H and O–H groups in total. The smallest absolute Gasteiger partial charge is 0.252 e. The first kappa shape index (κ1) is 28.8. The second-order valence-electron chi connectivity index (χ2n) is 10.3. The van der Waals surface area contributed by atoms with Gasteiger partial charge in [-0.25, -0.2) is 0 Å². The zero-order valence-corrected chi connectivity index (χ0v) is 23.8. The van der Waals surface area contributed by atoms with Gasteiger partial charge in [-0.2, -0.15) is 0 Å². The Bertz CT molecular complexity index is 1120. The summed E-state index contributed by atoms with van der Waals surface area (Å²) >= 11 is 2.01. The van der Waals surface area contributed by atoms with Crippen LogP contribution >= 0.6 is 22.6 Å². The highest BCUT2D eigenvalue weighted by molar-refractivity contribution is 14.1. The van der Waals surface area contributed by atoms with Gasteiger partial charge in [0, 0.05) is 14.4 Å². The van der Waals surface area contributed by atoms with Crippen molar-refractivity contribution in [3.63, 3.8) is 0 Å². The van der Waals surface area contributed by atoms with Crippen LogP contribution in [0.5, 0.6) is 0 Å². The molecule has 0 aliphatic heterocycles. The zero-order chi connectivity index (χ0) is 27.2. The summed E-state index contributed by atoms with van der Waals surface area (Å²) in [6.45, 7) is 7.42. The number of benzene rings is 3. The fourth-order valence-corrected chi connectivity index (χ4v) is 5.25. The van der Waals surface area contributed by atoms with Gasteiger partial charge in [-0.3, -0.25) is 9.59 Å². The third-order valence-electron chi connectivity index (χ3n) is 7.24. The van der Waals surface area contributed by atoms with E-state index in [2.05, 4.69) is 10.6 Å². The Hall–Kier alpha value is -2.75. The van der Waals surface area contributed by atoms with E-state index in [0.717, 1.165) is 11.1 Å². The fourth-order valence-electron chi connectivity index (χ4n) is 4.40. The number of hydrogen-bond donors (Lipinski definition) is 4. The normalized spacial score (nSPS) is 13.5. The molecule has 2 atom stereocenters. The van der Waals surface area contributed by atoms with E-state index in [1.54, 1.807) is 18.2 Å². The SMILES string of the molecule is CC(C)(c1ccccc1)[C@@H](CO)NC(=O)c1cccc(C(=O)N[C@H](CO)C(C)(C)c2ccccc2)c1I. The van der Waals surface area contributed by atoms with Gasteiger partial charge >= 0.3 is 0 Å². The molecular formula is C30H35IN2O4. The number of aliphatic hydroxyl groups excluding tert-OH is 2. The first-order valence-electron chi connectivity index (χ1n) is 12.3. The molecule has 0 fully saturated rings. The maximum atomic E-state index is 13.3. The summed E-state index contributed by atoms with van der Waals surface area (Å²) in [6.07, 6.45) is 0. The van der Waals surface area contributed by atoms with Gasteiger partial charge < -0.3 is 20.8 Å². The van der Waals surface area contributed by atoms with E-state index in [1.807, 2.05) is 111 Å². The van der Waals surface area contributed by atoms with E-state index in [-0.39, 0.29) is 25.0 Å². The lowest BCUT2D eigenvalue weighted by Gasteiger charge is -2.35. The summed E-state index contributed by atoms with van der Waals surface area (Å²) in [7, 11) is 0. The van der Waals surface area contributed by atoms with Crippen molar-refractivity contribution in [2.24, 2.45) is 0 Å². The van der Waals surface area contributed by atoms with Crippen molar-refractivity contribution in [1.29, 1.82) is 0 Å². The maximum absolute atomic E-state index is 13.3. The van der Waals surface area contributed by atoms with Crippen molar-refractivity contribution in [3.8, 4) is 0 Å². The molecule has 6 nitrogen and oxygen atoms in total. The Kier molecular flexibility index (Phi) is 9.50. The van der Waals surface area contributed by atoms with Crippen LogP contribution in [0.15, 0.2) is 78.9 Å². The van der Waals surface area contributed by atoms with Crippen molar-refractivity contribution < 1.29 is 19.8 Å². The number of rotatable bonds is 10. The minimum atomic E-state index is -0.541. The average molecular weight is 615 g/mol. The maximum Gasteiger partial charge on any atom is 0.252 e. The van der Waals surface area contributed by atoms with Gasteiger partial charge in [0.15, 0.2) is 0 Å². The Morgan fingerprint density at radius 1 is 0.676 bits per heavy atom. The topological polar surface area (TPSA) is 98.7 Å². The summed E-state index contributed by atoms with van der Waals surface area (Å²) in [4.78, 5) is 26.6. The van der Waals surface area contributed by atoms with E-state index < -0.39 is 22.9 Å². The Morgan fingerprint density at radius 2 is 1.03 bits per heavy atom. The number of nitrogens with one attached hydrogen (secondary N) is 2. The first-order valence-corrected chi connectivity index (χ1v) is 13.3. The number of halogens is 1. The molecule has 0 spiro atoms. The molecule has 0 unspecified atom stereocenters. The highest BCUT2D eigenvalue weighted by Gasteiger charge is 2.34. The van der Waals surface area contributed by atoms with E-state index in [9.17, 15) is 19.8 Å². The summed E-state index contributed by atoms with van der Waals surface area (Å²) in [5, 5.41) is 26.2. The van der Waals surface area contributed by atoms with Crippen LogP contribution in [0.3, 0.4) is 0 Å². The molecule has 0 heterocycles. The standard InChI is InChI=1S/C30H35IN2O4/c1-29(2,20-12-7-5-8-13-20)24(18-34)32-27(36)22-16-11-17-23(26(22)31)28(37)33-25(19-35)30(3,4)21-14-9-6-10-15-21/h5-17,24-25,34-35H,18-19H2,1-4H3,(H,32,36)(H,33,37)/t24-,25-/m1/s1. The van der Waals surface area contributed by atoms with E-state index >= 15 is 0 Å². The summed E-state index contributed by atoms with van der Waals surface area (Å²) < 4.78 is 0.499. The van der Waals surface area contributed by atoms with Crippen LogP contribution in [-0.2, 0) is 10.8 Å². The minimum Gasteiger partial charge on any atom is -0.394 e. The fraction of sp³-hybridized carbons (Fsp3) is 0.333. The molecule has 2 amide bonds. The third-order valence-corrected chi connectivity index (χ3v) is 8.40. The van der Waals surface area contributed by atoms with Crippen LogP contribution in [0.25, 0.3) is 0 Å². The summed E-state index contributed by atoms with van der Waals surface area (Å²) in [5.41, 5.74) is 1.63. The van der Waals surface area contributed by atoms with Gasteiger partial charge in [0.2, 0.25) is 0 Å².